The molecule has 0 radical (unpaired) electrons. The Hall–Kier alpha value is -0.290. The number of nitrogens with zero attached hydrogens (tertiary/aromatic N) is 1. The summed E-state index contributed by atoms with van der Waals surface area (Å²) in [5, 5.41) is 3.36. The van der Waals surface area contributed by atoms with Crippen molar-refractivity contribution in [3.05, 3.63) is 0 Å². The molecule has 0 heterocycles. The van der Waals surface area contributed by atoms with E-state index in [0.717, 1.165) is 32.6 Å². The number of alkyl halides is 3. The Bertz CT molecular complexity index is 266. The van der Waals surface area contributed by atoms with Gasteiger partial charge in [0.25, 0.3) is 0 Å². The fraction of sp³-hybridized carbons (Fsp3) is 1.00. The Morgan fingerprint density at radius 1 is 1.25 bits per heavy atom. The van der Waals surface area contributed by atoms with E-state index in [1.54, 1.807) is 0 Å². The van der Waals surface area contributed by atoms with Crippen molar-refractivity contribution in [2.24, 2.45) is 17.8 Å². The molecular weight excluding hydrogens is 265 g/mol. The Morgan fingerprint density at radius 3 is 2.55 bits per heavy atom. The van der Waals surface area contributed by atoms with E-state index in [4.69, 9.17) is 0 Å². The van der Waals surface area contributed by atoms with E-state index in [1.165, 1.54) is 0 Å². The third-order valence-electron chi connectivity index (χ3n) is 4.04. The summed E-state index contributed by atoms with van der Waals surface area (Å²) >= 11 is 0. The molecule has 120 valence electrons. The molecule has 20 heavy (non-hydrogen) atoms. The first kappa shape index (κ1) is 17.8. The smallest absolute Gasteiger partial charge is 0.315 e. The van der Waals surface area contributed by atoms with Gasteiger partial charge in [0.15, 0.2) is 0 Å². The van der Waals surface area contributed by atoms with Gasteiger partial charge in [0.1, 0.15) is 0 Å². The summed E-state index contributed by atoms with van der Waals surface area (Å²) in [5.74, 6) is -0.245. The molecular formula is C15H29F3N2. The van der Waals surface area contributed by atoms with Crippen molar-refractivity contribution in [1.82, 2.24) is 10.2 Å². The molecule has 0 aromatic carbocycles. The second kappa shape index (κ2) is 8.23. The number of rotatable bonds is 7. The van der Waals surface area contributed by atoms with Gasteiger partial charge in [-0.05, 0) is 44.7 Å². The monoisotopic (exact) mass is 294 g/mol. The van der Waals surface area contributed by atoms with E-state index in [1.807, 2.05) is 7.05 Å². The molecule has 0 saturated heterocycles. The summed E-state index contributed by atoms with van der Waals surface area (Å²) in [6, 6.07) is 0. The first-order chi connectivity index (χ1) is 9.29. The molecule has 1 aliphatic rings. The molecule has 5 heteroatoms. The highest BCUT2D eigenvalue weighted by molar-refractivity contribution is 4.79. The maximum Gasteiger partial charge on any atom is 0.391 e. The zero-order valence-electron chi connectivity index (χ0n) is 13.0. The molecule has 2 unspecified atom stereocenters. The summed E-state index contributed by atoms with van der Waals surface area (Å²) in [5.41, 5.74) is 0. The van der Waals surface area contributed by atoms with Crippen LogP contribution in [0.15, 0.2) is 0 Å². The van der Waals surface area contributed by atoms with Crippen molar-refractivity contribution in [2.75, 3.05) is 33.2 Å². The molecule has 0 aromatic heterocycles. The van der Waals surface area contributed by atoms with Gasteiger partial charge in [0, 0.05) is 19.6 Å². The Labute approximate surface area is 121 Å². The molecule has 0 aromatic rings. The fourth-order valence-corrected chi connectivity index (χ4v) is 2.95. The molecule has 0 aliphatic heterocycles. The van der Waals surface area contributed by atoms with E-state index in [0.29, 0.717) is 25.2 Å². The molecule has 1 aliphatic carbocycles. The van der Waals surface area contributed by atoms with Crippen LogP contribution in [0, 0.1) is 17.8 Å². The number of likely N-dealkylation sites (N-methyl/N-ethyl adjacent to an activating group) is 1. The summed E-state index contributed by atoms with van der Waals surface area (Å²) in [6.07, 6.45) is -1.71. The average molecular weight is 294 g/mol. The SMILES string of the molecule is CC(C)CNCCN(C)CC1CCCC(C(F)(F)F)C1. The number of nitrogens with one attached hydrogen (secondary N) is 1. The van der Waals surface area contributed by atoms with Gasteiger partial charge in [0.2, 0.25) is 0 Å². The third-order valence-corrected chi connectivity index (χ3v) is 4.04. The quantitative estimate of drug-likeness (QED) is 0.723. The van der Waals surface area contributed by atoms with Crippen LogP contribution < -0.4 is 5.32 Å². The highest BCUT2D eigenvalue weighted by Gasteiger charge is 2.42. The van der Waals surface area contributed by atoms with Crippen LogP contribution >= 0.6 is 0 Å². The summed E-state index contributed by atoms with van der Waals surface area (Å²) in [4.78, 5) is 2.16. The molecule has 1 saturated carbocycles. The fourth-order valence-electron chi connectivity index (χ4n) is 2.95. The van der Waals surface area contributed by atoms with Crippen molar-refractivity contribution in [2.45, 2.75) is 45.7 Å². The Balaban J connectivity index is 2.22. The lowest BCUT2D eigenvalue weighted by atomic mass is 9.81. The highest BCUT2D eigenvalue weighted by atomic mass is 19.4. The minimum Gasteiger partial charge on any atom is -0.315 e. The normalized spacial score (nSPS) is 24.6. The number of hydrogen-bond donors (Lipinski definition) is 1. The highest BCUT2D eigenvalue weighted by Crippen LogP contribution is 2.39. The van der Waals surface area contributed by atoms with Crippen LogP contribution in [0.5, 0.6) is 0 Å². The maximum absolute atomic E-state index is 12.8. The maximum atomic E-state index is 12.8. The van der Waals surface area contributed by atoms with E-state index < -0.39 is 12.1 Å². The van der Waals surface area contributed by atoms with Crippen molar-refractivity contribution in [3.63, 3.8) is 0 Å². The van der Waals surface area contributed by atoms with E-state index >= 15 is 0 Å². The second-order valence-electron chi connectivity index (χ2n) is 6.63. The molecule has 0 amide bonds. The van der Waals surface area contributed by atoms with Crippen molar-refractivity contribution in [3.8, 4) is 0 Å². The molecule has 2 nitrogen and oxygen atoms in total. The van der Waals surface area contributed by atoms with Gasteiger partial charge in [-0.25, -0.2) is 0 Å². The van der Waals surface area contributed by atoms with Crippen molar-refractivity contribution >= 4 is 0 Å². The van der Waals surface area contributed by atoms with E-state index in [9.17, 15) is 13.2 Å². The summed E-state index contributed by atoms with van der Waals surface area (Å²) in [7, 11) is 2.01. The minimum atomic E-state index is -4.00. The zero-order chi connectivity index (χ0) is 15.2. The van der Waals surface area contributed by atoms with Crippen LogP contribution in [0.3, 0.4) is 0 Å². The molecule has 1 N–H and O–H groups in total. The second-order valence-corrected chi connectivity index (χ2v) is 6.63. The van der Waals surface area contributed by atoms with E-state index in [-0.39, 0.29) is 5.92 Å². The lowest BCUT2D eigenvalue weighted by molar-refractivity contribution is -0.186. The van der Waals surface area contributed by atoms with Crippen LogP contribution in [-0.2, 0) is 0 Å². The van der Waals surface area contributed by atoms with Crippen LogP contribution in [0.25, 0.3) is 0 Å². The van der Waals surface area contributed by atoms with Crippen molar-refractivity contribution < 1.29 is 13.2 Å². The Kier molecular flexibility index (Phi) is 7.30. The average Bonchev–Trinajstić information content (AvgIpc) is 2.34. The molecule has 2 atom stereocenters. The molecule has 1 rings (SSSR count). The van der Waals surface area contributed by atoms with Gasteiger partial charge < -0.3 is 10.2 Å². The summed E-state index contributed by atoms with van der Waals surface area (Å²) < 4.78 is 38.3. The Morgan fingerprint density at radius 2 is 1.95 bits per heavy atom. The summed E-state index contributed by atoms with van der Waals surface area (Å²) in [6.45, 7) is 7.92. The van der Waals surface area contributed by atoms with Crippen LogP contribution in [0.1, 0.15) is 39.5 Å². The van der Waals surface area contributed by atoms with Crippen LogP contribution in [0.2, 0.25) is 0 Å². The number of halogens is 3. The topological polar surface area (TPSA) is 15.3 Å². The van der Waals surface area contributed by atoms with Crippen molar-refractivity contribution in [1.29, 1.82) is 0 Å². The van der Waals surface area contributed by atoms with E-state index in [2.05, 4.69) is 24.1 Å². The van der Waals surface area contributed by atoms with Gasteiger partial charge in [-0.3, -0.25) is 0 Å². The van der Waals surface area contributed by atoms with Gasteiger partial charge in [0.05, 0.1) is 5.92 Å². The van der Waals surface area contributed by atoms with Crippen LogP contribution in [0.4, 0.5) is 13.2 Å². The molecule has 0 spiro atoms. The molecule has 1 fully saturated rings. The lowest BCUT2D eigenvalue weighted by Gasteiger charge is -2.33. The van der Waals surface area contributed by atoms with Gasteiger partial charge in [-0.15, -0.1) is 0 Å². The zero-order valence-corrected chi connectivity index (χ0v) is 13.0. The first-order valence-corrected chi connectivity index (χ1v) is 7.75. The lowest BCUT2D eigenvalue weighted by Crippen LogP contribution is -2.37. The predicted molar refractivity (Wildman–Crippen MR) is 76.7 cm³/mol. The molecule has 0 bridgehead atoms. The standard InChI is InChI=1S/C15H29F3N2/c1-12(2)10-19-7-8-20(3)11-13-5-4-6-14(9-13)15(16,17)18/h12-14,19H,4-11H2,1-3H3. The predicted octanol–water partition coefficient (Wildman–Crippen LogP) is 3.53. The van der Waals surface area contributed by atoms with Gasteiger partial charge in [-0.1, -0.05) is 20.3 Å². The number of hydrogen-bond acceptors (Lipinski definition) is 2. The largest absolute Gasteiger partial charge is 0.391 e. The first-order valence-electron chi connectivity index (χ1n) is 7.75. The van der Waals surface area contributed by atoms with Gasteiger partial charge >= 0.3 is 6.18 Å². The van der Waals surface area contributed by atoms with Gasteiger partial charge in [-0.2, -0.15) is 13.2 Å². The third kappa shape index (κ3) is 6.93. The van der Waals surface area contributed by atoms with Crippen LogP contribution in [-0.4, -0.2) is 44.3 Å². The minimum absolute atomic E-state index is 0.200.